The number of rotatable bonds is 2. The Morgan fingerprint density at radius 2 is 2.38 bits per heavy atom. The SMILES string of the molecule is COc1cc([C@H]2COC(=O)N2)cc(Cl)c1O. The number of phenols is 1. The van der Waals surface area contributed by atoms with Gasteiger partial charge < -0.3 is 19.9 Å². The summed E-state index contributed by atoms with van der Waals surface area (Å²) in [5.41, 5.74) is 0.727. The monoisotopic (exact) mass is 243 g/mol. The summed E-state index contributed by atoms with van der Waals surface area (Å²) in [6.45, 7) is 0.239. The van der Waals surface area contributed by atoms with E-state index in [0.29, 0.717) is 0 Å². The minimum Gasteiger partial charge on any atom is -0.503 e. The minimum absolute atomic E-state index is 0.113. The second-order valence-electron chi connectivity index (χ2n) is 3.35. The zero-order valence-corrected chi connectivity index (χ0v) is 9.25. The van der Waals surface area contributed by atoms with Crippen LogP contribution in [0, 0.1) is 0 Å². The number of aromatic hydroxyl groups is 1. The molecule has 0 aromatic heterocycles. The number of carbonyl (C=O) groups excluding carboxylic acids is 1. The van der Waals surface area contributed by atoms with E-state index < -0.39 is 6.09 Å². The average Bonchev–Trinajstić information content (AvgIpc) is 2.69. The number of nitrogens with one attached hydrogen (secondary N) is 1. The third kappa shape index (κ3) is 1.86. The van der Waals surface area contributed by atoms with E-state index in [1.165, 1.54) is 7.11 Å². The molecule has 1 heterocycles. The first-order valence-electron chi connectivity index (χ1n) is 4.61. The fraction of sp³-hybridized carbons (Fsp3) is 0.300. The number of phenolic OH excluding ortho intramolecular Hbond substituents is 1. The highest BCUT2D eigenvalue weighted by atomic mass is 35.5. The zero-order valence-electron chi connectivity index (χ0n) is 8.49. The lowest BCUT2D eigenvalue weighted by Gasteiger charge is -2.11. The molecule has 1 aliphatic rings. The van der Waals surface area contributed by atoms with Gasteiger partial charge in [-0.05, 0) is 17.7 Å². The van der Waals surface area contributed by atoms with Gasteiger partial charge in [-0.25, -0.2) is 4.79 Å². The summed E-state index contributed by atoms with van der Waals surface area (Å²) in [7, 11) is 1.43. The van der Waals surface area contributed by atoms with Crippen molar-refractivity contribution in [2.75, 3.05) is 13.7 Å². The molecule has 1 aromatic carbocycles. The second-order valence-corrected chi connectivity index (χ2v) is 3.76. The van der Waals surface area contributed by atoms with E-state index in [-0.39, 0.29) is 29.2 Å². The van der Waals surface area contributed by atoms with Crippen molar-refractivity contribution in [2.45, 2.75) is 6.04 Å². The number of hydrogen-bond donors (Lipinski definition) is 2. The number of hydrogen-bond acceptors (Lipinski definition) is 4. The predicted octanol–water partition coefficient (Wildman–Crippen LogP) is 1.84. The van der Waals surface area contributed by atoms with Crippen LogP contribution in [-0.2, 0) is 4.74 Å². The van der Waals surface area contributed by atoms with Crippen LogP contribution in [0.4, 0.5) is 4.79 Å². The lowest BCUT2D eigenvalue weighted by molar-refractivity contribution is 0.177. The van der Waals surface area contributed by atoms with Gasteiger partial charge in [-0.15, -0.1) is 0 Å². The molecule has 1 aliphatic heterocycles. The summed E-state index contributed by atoms with van der Waals surface area (Å²) >= 11 is 5.83. The largest absolute Gasteiger partial charge is 0.503 e. The Balaban J connectivity index is 2.35. The van der Waals surface area contributed by atoms with Crippen molar-refractivity contribution in [3.8, 4) is 11.5 Å². The van der Waals surface area contributed by atoms with Gasteiger partial charge in [-0.3, -0.25) is 0 Å². The van der Waals surface area contributed by atoms with Crippen LogP contribution in [0.2, 0.25) is 5.02 Å². The van der Waals surface area contributed by atoms with Gasteiger partial charge in [0.15, 0.2) is 11.5 Å². The standard InChI is InChI=1S/C10H10ClNO4/c1-15-8-3-5(2-6(11)9(8)13)7-4-16-10(14)12-7/h2-3,7,13H,4H2,1H3,(H,12,14)/t7-/m1/s1. The summed E-state index contributed by atoms with van der Waals surface area (Å²) < 4.78 is 9.73. The van der Waals surface area contributed by atoms with Gasteiger partial charge in [0, 0.05) is 0 Å². The summed E-state index contributed by atoms with van der Waals surface area (Å²) in [4.78, 5) is 10.9. The van der Waals surface area contributed by atoms with Crippen LogP contribution in [0.25, 0.3) is 0 Å². The number of benzene rings is 1. The van der Waals surface area contributed by atoms with Crippen LogP contribution < -0.4 is 10.1 Å². The summed E-state index contributed by atoms with van der Waals surface area (Å²) in [6.07, 6.45) is -0.465. The number of methoxy groups -OCH3 is 1. The van der Waals surface area contributed by atoms with Crippen molar-refractivity contribution < 1.29 is 19.4 Å². The van der Waals surface area contributed by atoms with Gasteiger partial charge in [-0.1, -0.05) is 11.6 Å². The topological polar surface area (TPSA) is 67.8 Å². The van der Waals surface area contributed by atoms with Gasteiger partial charge in [0.1, 0.15) is 6.61 Å². The molecule has 6 heteroatoms. The molecule has 2 rings (SSSR count). The van der Waals surface area contributed by atoms with E-state index in [1.807, 2.05) is 0 Å². The Hall–Kier alpha value is -1.62. The Kier molecular flexibility index (Phi) is 2.78. The number of ether oxygens (including phenoxy) is 2. The maximum absolute atomic E-state index is 10.9. The molecule has 1 saturated heterocycles. The molecule has 5 nitrogen and oxygen atoms in total. The molecule has 86 valence electrons. The summed E-state index contributed by atoms with van der Waals surface area (Å²) in [5.74, 6) is 0.154. The highest BCUT2D eigenvalue weighted by Gasteiger charge is 2.25. The van der Waals surface area contributed by atoms with Gasteiger partial charge in [-0.2, -0.15) is 0 Å². The predicted molar refractivity (Wildman–Crippen MR) is 56.9 cm³/mol. The molecule has 1 amide bonds. The van der Waals surface area contributed by atoms with Crippen LogP contribution in [0.5, 0.6) is 11.5 Å². The molecular formula is C10H10ClNO4. The zero-order chi connectivity index (χ0) is 11.7. The molecule has 2 N–H and O–H groups in total. The fourth-order valence-corrected chi connectivity index (χ4v) is 1.73. The lowest BCUT2D eigenvalue weighted by Crippen LogP contribution is -2.18. The van der Waals surface area contributed by atoms with Crippen LogP contribution in [0.15, 0.2) is 12.1 Å². The number of carbonyl (C=O) groups is 1. The van der Waals surface area contributed by atoms with Crippen molar-refractivity contribution in [1.29, 1.82) is 0 Å². The molecule has 0 radical (unpaired) electrons. The van der Waals surface area contributed by atoms with Crippen LogP contribution in [0.1, 0.15) is 11.6 Å². The van der Waals surface area contributed by atoms with Crippen molar-refractivity contribution in [3.05, 3.63) is 22.7 Å². The van der Waals surface area contributed by atoms with E-state index in [1.54, 1.807) is 12.1 Å². The molecule has 0 aliphatic carbocycles. The molecule has 16 heavy (non-hydrogen) atoms. The van der Waals surface area contributed by atoms with Crippen molar-refractivity contribution in [3.63, 3.8) is 0 Å². The van der Waals surface area contributed by atoms with Crippen molar-refractivity contribution in [2.24, 2.45) is 0 Å². The van der Waals surface area contributed by atoms with E-state index in [2.05, 4.69) is 5.32 Å². The molecular weight excluding hydrogens is 234 g/mol. The minimum atomic E-state index is -0.465. The third-order valence-corrected chi connectivity index (χ3v) is 2.63. The molecule has 0 unspecified atom stereocenters. The Labute approximate surface area is 96.9 Å². The third-order valence-electron chi connectivity index (χ3n) is 2.35. The summed E-state index contributed by atoms with van der Waals surface area (Å²) in [6, 6.07) is 2.92. The molecule has 1 atom stereocenters. The van der Waals surface area contributed by atoms with Gasteiger partial charge >= 0.3 is 6.09 Å². The Morgan fingerprint density at radius 3 is 2.94 bits per heavy atom. The maximum atomic E-state index is 10.9. The van der Waals surface area contributed by atoms with Crippen LogP contribution in [0.3, 0.4) is 0 Å². The van der Waals surface area contributed by atoms with E-state index in [9.17, 15) is 9.90 Å². The first kappa shape index (κ1) is 10.9. The van der Waals surface area contributed by atoms with E-state index in [0.717, 1.165) is 5.56 Å². The second kappa shape index (κ2) is 4.09. The first-order chi connectivity index (χ1) is 7.61. The molecule has 1 aromatic rings. The van der Waals surface area contributed by atoms with Crippen molar-refractivity contribution >= 4 is 17.7 Å². The molecule has 0 bridgehead atoms. The van der Waals surface area contributed by atoms with Crippen molar-refractivity contribution in [1.82, 2.24) is 5.32 Å². The molecule has 0 saturated carbocycles. The smallest absolute Gasteiger partial charge is 0.407 e. The average molecular weight is 244 g/mol. The highest BCUT2D eigenvalue weighted by molar-refractivity contribution is 6.32. The number of cyclic esters (lactones) is 1. The van der Waals surface area contributed by atoms with Crippen LogP contribution >= 0.6 is 11.6 Å². The fourth-order valence-electron chi connectivity index (χ4n) is 1.51. The molecule has 0 spiro atoms. The molecule has 1 fully saturated rings. The van der Waals surface area contributed by atoms with E-state index in [4.69, 9.17) is 21.1 Å². The normalized spacial score (nSPS) is 19.1. The highest BCUT2D eigenvalue weighted by Crippen LogP contribution is 2.37. The number of halogens is 1. The lowest BCUT2D eigenvalue weighted by atomic mass is 10.1. The first-order valence-corrected chi connectivity index (χ1v) is 4.99. The van der Waals surface area contributed by atoms with Gasteiger partial charge in [0.05, 0.1) is 18.2 Å². The summed E-state index contributed by atoms with van der Waals surface area (Å²) in [5, 5.41) is 12.3. The Bertz CT molecular complexity index is 435. The maximum Gasteiger partial charge on any atom is 0.407 e. The van der Waals surface area contributed by atoms with Gasteiger partial charge in [0.2, 0.25) is 0 Å². The number of alkyl carbamates (subject to hydrolysis) is 1. The quantitative estimate of drug-likeness (QED) is 0.832. The number of amides is 1. The van der Waals surface area contributed by atoms with Crippen LogP contribution in [-0.4, -0.2) is 24.9 Å². The Morgan fingerprint density at radius 1 is 1.62 bits per heavy atom. The van der Waals surface area contributed by atoms with Gasteiger partial charge in [0.25, 0.3) is 0 Å². The van der Waals surface area contributed by atoms with E-state index >= 15 is 0 Å².